The summed E-state index contributed by atoms with van der Waals surface area (Å²) in [6, 6.07) is 8.44. The topological polar surface area (TPSA) is 105 Å². The number of ether oxygens (including phenoxy) is 1. The van der Waals surface area contributed by atoms with Gasteiger partial charge in [0.05, 0.1) is 6.61 Å². The van der Waals surface area contributed by atoms with E-state index in [-0.39, 0.29) is 17.8 Å². The van der Waals surface area contributed by atoms with E-state index in [1.54, 1.807) is 13.8 Å². The molecule has 0 aliphatic carbocycles. The smallest absolute Gasteiger partial charge is 0.475 e. The zero-order valence-electron chi connectivity index (χ0n) is 16.7. The molecule has 1 aromatic rings. The van der Waals surface area contributed by atoms with E-state index in [9.17, 15) is 22.8 Å². The van der Waals surface area contributed by atoms with E-state index in [1.807, 2.05) is 44.2 Å². The van der Waals surface area contributed by atoms with Crippen molar-refractivity contribution in [1.82, 2.24) is 5.32 Å². The zero-order chi connectivity index (χ0) is 22.6. The third-order valence-corrected chi connectivity index (χ3v) is 3.39. The van der Waals surface area contributed by atoms with Crippen molar-refractivity contribution in [1.29, 1.82) is 0 Å². The van der Waals surface area contributed by atoms with Gasteiger partial charge >= 0.3 is 18.1 Å². The number of hydrogen-bond donors (Lipinski definition) is 3. The van der Waals surface area contributed by atoms with Crippen LogP contribution in [0.25, 0.3) is 0 Å². The fourth-order valence-corrected chi connectivity index (χ4v) is 2.07. The van der Waals surface area contributed by atoms with Crippen LogP contribution in [-0.4, -0.2) is 47.8 Å². The lowest BCUT2D eigenvalue weighted by atomic mass is 10.0. The number of carbonyl (C=O) groups excluding carboxylic acids is 2. The molecule has 3 N–H and O–H groups in total. The van der Waals surface area contributed by atoms with Crippen molar-refractivity contribution in [3.63, 3.8) is 0 Å². The van der Waals surface area contributed by atoms with Gasteiger partial charge in [-0.3, -0.25) is 4.79 Å². The minimum Gasteiger partial charge on any atom is -0.475 e. The lowest BCUT2D eigenvalue weighted by Crippen LogP contribution is -2.48. The van der Waals surface area contributed by atoms with Gasteiger partial charge in [-0.2, -0.15) is 13.2 Å². The van der Waals surface area contributed by atoms with E-state index in [0.717, 1.165) is 5.69 Å². The van der Waals surface area contributed by atoms with Gasteiger partial charge in [-0.05, 0) is 38.3 Å². The maximum atomic E-state index is 12.3. The Morgan fingerprint density at radius 1 is 1.10 bits per heavy atom. The summed E-state index contributed by atoms with van der Waals surface area (Å²) < 4.78 is 36.8. The summed E-state index contributed by atoms with van der Waals surface area (Å²) in [5, 5.41) is 13.0. The van der Waals surface area contributed by atoms with Crippen molar-refractivity contribution in [3.05, 3.63) is 30.3 Å². The first-order chi connectivity index (χ1) is 13.4. The number of alkyl halides is 3. The number of rotatable bonds is 8. The Kier molecular flexibility index (Phi) is 11.4. The molecule has 0 spiro atoms. The zero-order valence-corrected chi connectivity index (χ0v) is 16.7. The third-order valence-electron chi connectivity index (χ3n) is 3.39. The Balaban J connectivity index is 0.000000956. The predicted octanol–water partition coefficient (Wildman–Crippen LogP) is 3.21. The standard InChI is InChI=1S/C17H26N2O3.C2HF3O2/c1-5-22-17(21)15(11-12(2)3)19-16(20)13(4)18-14-9-7-6-8-10-14;3-2(4,5)1(6)7/h6-10,12-13,15,18H,5,11H2,1-4H3,(H,19,20);(H,6,7)/t13-,15-;/m0./s1. The first kappa shape index (κ1) is 26.2. The minimum absolute atomic E-state index is 0.220. The lowest BCUT2D eigenvalue weighted by Gasteiger charge is -2.22. The molecule has 0 fully saturated rings. The number of anilines is 1. The molecule has 0 aliphatic heterocycles. The minimum atomic E-state index is -5.08. The number of amides is 1. The van der Waals surface area contributed by atoms with E-state index in [0.29, 0.717) is 13.0 Å². The quantitative estimate of drug-likeness (QED) is 0.558. The highest BCUT2D eigenvalue weighted by molar-refractivity contribution is 5.89. The molecule has 0 unspecified atom stereocenters. The van der Waals surface area contributed by atoms with Crippen molar-refractivity contribution in [2.75, 3.05) is 11.9 Å². The van der Waals surface area contributed by atoms with Gasteiger partial charge in [-0.15, -0.1) is 0 Å². The summed E-state index contributed by atoms with van der Waals surface area (Å²) in [7, 11) is 0. The molecule has 0 heterocycles. The van der Waals surface area contributed by atoms with Crippen LogP contribution in [0.5, 0.6) is 0 Å². The molecule has 29 heavy (non-hydrogen) atoms. The Labute approximate surface area is 167 Å². The Morgan fingerprint density at radius 3 is 2.03 bits per heavy atom. The van der Waals surface area contributed by atoms with Crippen LogP contribution >= 0.6 is 0 Å². The van der Waals surface area contributed by atoms with Crippen molar-refractivity contribution in [2.45, 2.75) is 52.4 Å². The van der Waals surface area contributed by atoms with E-state index < -0.39 is 24.2 Å². The monoisotopic (exact) mass is 420 g/mol. The Morgan fingerprint density at radius 2 is 1.62 bits per heavy atom. The average molecular weight is 420 g/mol. The number of carbonyl (C=O) groups is 3. The fraction of sp³-hybridized carbons (Fsp3) is 0.526. The summed E-state index contributed by atoms with van der Waals surface area (Å²) in [4.78, 5) is 33.1. The normalized spacial score (nSPS) is 12.8. The molecule has 2 atom stereocenters. The summed E-state index contributed by atoms with van der Waals surface area (Å²) in [6.07, 6.45) is -4.53. The number of para-hydroxylation sites is 1. The van der Waals surface area contributed by atoms with Crippen LogP contribution in [-0.2, 0) is 19.1 Å². The van der Waals surface area contributed by atoms with Crippen LogP contribution in [0.15, 0.2) is 30.3 Å². The van der Waals surface area contributed by atoms with Crippen LogP contribution in [0.2, 0.25) is 0 Å². The van der Waals surface area contributed by atoms with Gasteiger partial charge in [0, 0.05) is 5.69 Å². The van der Waals surface area contributed by atoms with E-state index in [4.69, 9.17) is 14.6 Å². The second-order valence-corrected chi connectivity index (χ2v) is 6.48. The number of halogens is 3. The number of benzene rings is 1. The third kappa shape index (κ3) is 11.6. The van der Waals surface area contributed by atoms with Crippen molar-refractivity contribution in [2.24, 2.45) is 5.92 Å². The number of hydrogen-bond acceptors (Lipinski definition) is 5. The van der Waals surface area contributed by atoms with Gasteiger partial charge in [-0.1, -0.05) is 32.0 Å². The van der Waals surface area contributed by atoms with Gasteiger partial charge in [0.2, 0.25) is 5.91 Å². The Hall–Kier alpha value is -2.78. The molecule has 0 radical (unpaired) electrons. The van der Waals surface area contributed by atoms with E-state index in [2.05, 4.69) is 10.6 Å². The molecule has 0 saturated heterocycles. The lowest BCUT2D eigenvalue weighted by molar-refractivity contribution is -0.192. The van der Waals surface area contributed by atoms with Gasteiger partial charge in [0.25, 0.3) is 0 Å². The SMILES string of the molecule is CCOC(=O)[C@H](CC(C)C)NC(=O)[C@H](C)Nc1ccccc1.O=C(O)C(F)(F)F. The van der Waals surface area contributed by atoms with Crippen LogP contribution in [0.3, 0.4) is 0 Å². The van der Waals surface area contributed by atoms with Gasteiger partial charge < -0.3 is 20.5 Å². The number of aliphatic carboxylic acids is 1. The first-order valence-electron chi connectivity index (χ1n) is 8.97. The fourth-order valence-electron chi connectivity index (χ4n) is 2.07. The maximum Gasteiger partial charge on any atom is 0.490 e. The largest absolute Gasteiger partial charge is 0.490 e. The van der Waals surface area contributed by atoms with Gasteiger partial charge in [0.1, 0.15) is 12.1 Å². The van der Waals surface area contributed by atoms with Crippen molar-refractivity contribution < 1.29 is 37.4 Å². The highest BCUT2D eigenvalue weighted by Gasteiger charge is 2.38. The van der Waals surface area contributed by atoms with Crippen molar-refractivity contribution >= 4 is 23.5 Å². The maximum absolute atomic E-state index is 12.3. The second-order valence-electron chi connectivity index (χ2n) is 6.48. The molecular formula is C19H27F3N2O5. The Bertz CT molecular complexity index is 651. The van der Waals surface area contributed by atoms with Crippen LogP contribution in [0.4, 0.5) is 18.9 Å². The molecular weight excluding hydrogens is 393 g/mol. The highest BCUT2D eigenvalue weighted by atomic mass is 19.4. The van der Waals surface area contributed by atoms with Crippen LogP contribution in [0, 0.1) is 5.92 Å². The summed E-state index contributed by atoms with van der Waals surface area (Å²) in [5.74, 6) is -3.07. The first-order valence-corrected chi connectivity index (χ1v) is 8.97. The number of esters is 1. The van der Waals surface area contributed by atoms with Crippen molar-refractivity contribution in [3.8, 4) is 0 Å². The predicted molar refractivity (Wildman–Crippen MR) is 101 cm³/mol. The number of carboxylic acid groups (broad SMARTS) is 1. The van der Waals surface area contributed by atoms with Gasteiger partial charge in [0.15, 0.2) is 0 Å². The van der Waals surface area contributed by atoms with Crippen LogP contribution < -0.4 is 10.6 Å². The molecule has 0 bridgehead atoms. The average Bonchev–Trinajstić information content (AvgIpc) is 2.61. The molecule has 0 aromatic heterocycles. The van der Waals surface area contributed by atoms with Crippen LogP contribution in [0.1, 0.15) is 34.1 Å². The number of carboxylic acids is 1. The molecule has 1 aromatic carbocycles. The molecule has 0 saturated carbocycles. The molecule has 0 aliphatic rings. The summed E-state index contributed by atoms with van der Waals surface area (Å²) in [6.45, 7) is 7.83. The van der Waals surface area contributed by atoms with Gasteiger partial charge in [-0.25, -0.2) is 9.59 Å². The molecule has 164 valence electrons. The van der Waals surface area contributed by atoms with E-state index in [1.165, 1.54) is 0 Å². The molecule has 1 rings (SSSR count). The second kappa shape index (κ2) is 12.6. The highest BCUT2D eigenvalue weighted by Crippen LogP contribution is 2.13. The molecule has 7 nitrogen and oxygen atoms in total. The molecule has 1 amide bonds. The summed E-state index contributed by atoms with van der Waals surface area (Å²) in [5.41, 5.74) is 0.863. The number of nitrogens with one attached hydrogen (secondary N) is 2. The van der Waals surface area contributed by atoms with E-state index >= 15 is 0 Å². The summed E-state index contributed by atoms with van der Waals surface area (Å²) >= 11 is 0. The molecule has 10 heteroatoms.